The van der Waals surface area contributed by atoms with Crippen LogP contribution < -0.4 is 5.32 Å². The normalized spacial score (nSPS) is 15.6. The smallest absolute Gasteiger partial charge is 0.335 e. The summed E-state index contributed by atoms with van der Waals surface area (Å²) in [5.74, 6) is -0.476. The first-order chi connectivity index (χ1) is 9.15. The molecule has 0 bridgehead atoms. The number of nitrogens with one attached hydrogen (secondary N) is 1. The highest BCUT2D eigenvalue weighted by molar-refractivity contribution is 6.29. The van der Waals surface area contributed by atoms with Crippen molar-refractivity contribution >= 4 is 23.4 Å². The number of hydrogen-bond acceptors (Lipinski definition) is 4. The average molecular weight is 284 g/mol. The van der Waals surface area contributed by atoms with Crippen LogP contribution in [0.5, 0.6) is 0 Å². The average Bonchev–Trinajstić information content (AvgIpc) is 2.87. The van der Waals surface area contributed by atoms with E-state index < -0.39 is 5.97 Å². The second kappa shape index (κ2) is 6.73. The molecule has 6 heteroatoms. The lowest BCUT2D eigenvalue weighted by atomic mass is 10.2. The van der Waals surface area contributed by atoms with Gasteiger partial charge < -0.3 is 15.3 Å². The standard InChI is InChI=1S/C13H18ClN3O2/c14-11-8-10(13(18)19)9-12(16-11)15-4-3-7-17-5-1-2-6-17/h8-9H,1-7H2,(H,15,16)(H,18,19). The number of hydrogen-bond donors (Lipinski definition) is 2. The fourth-order valence-corrected chi connectivity index (χ4v) is 2.44. The van der Waals surface area contributed by atoms with Crippen LogP contribution in [0.15, 0.2) is 12.1 Å². The third-order valence-electron chi connectivity index (χ3n) is 3.20. The predicted molar refractivity (Wildman–Crippen MR) is 75.0 cm³/mol. The molecule has 1 aromatic rings. The Hall–Kier alpha value is -1.33. The van der Waals surface area contributed by atoms with E-state index in [0.717, 1.165) is 19.5 Å². The Morgan fingerprint density at radius 1 is 1.42 bits per heavy atom. The highest BCUT2D eigenvalue weighted by Gasteiger charge is 2.10. The van der Waals surface area contributed by atoms with Gasteiger partial charge in [-0.1, -0.05) is 11.6 Å². The van der Waals surface area contributed by atoms with E-state index in [-0.39, 0.29) is 10.7 Å². The van der Waals surface area contributed by atoms with Crippen molar-refractivity contribution in [2.24, 2.45) is 0 Å². The number of likely N-dealkylation sites (tertiary alicyclic amines) is 1. The first kappa shape index (κ1) is 14.1. The van der Waals surface area contributed by atoms with E-state index in [0.29, 0.717) is 5.82 Å². The summed E-state index contributed by atoms with van der Waals surface area (Å²) in [5, 5.41) is 12.2. The van der Waals surface area contributed by atoms with Gasteiger partial charge in [0.25, 0.3) is 0 Å². The molecule has 1 fully saturated rings. The summed E-state index contributed by atoms with van der Waals surface area (Å²) in [7, 11) is 0. The molecule has 19 heavy (non-hydrogen) atoms. The summed E-state index contributed by atoms with van der Waals surface area (Å²) < 4.78 is 0. The lowest BCUT2D eigenvalue weighted by Crippen LogP contribution is -2.22. The van der Waals surface area contributed by atoms with E-state index in [1.807, 2.05) is 0 Å². The molecule has 2 rings (SSSR count). The Balaban J connectivity index is 1.80. The van der Waals surface area contributed by atoms with Crippen LogP contribution in [0, 0.1) is 0 Å². The zero-order valence-electron chi connectivity index (χ0n) is 10.7. The minimum atomic E-state index is -0.996. The van der Waals surface area contributed by atoms with E-state index in [9.17, 15) is 4.79 Å². The molecule has 0 saturated carbocycles. The van der Waals surface area contributed by atoms with Crippen molar-refractivity contribution < 1.29 is 9.90 Å². The Morgan fingerprint density at radius 2 is 2.16 bits per heavy atom. The van der Waals surface area contributed by atoms with Crippen molar-refractivity contribution in [2.75, 3.05) is 31.5 Å². The summed E-state index contributed by atoms with van der Waals surface area (Å²) in [6.45, 7) is 4.22. The number of carbonyl (C=O) groups is 1. The highest BCUT2D eigenvalue weighted by atomic mass is 35.5. The molecular formula is C13H18ClN3O2. The molecular weight excluding hydrogens is 266 g/mol. The van der Waals surface area contributed by atoms with Crippen molar-refractivity contribution in [2.45, 2.75) is 19.3 Å². The highest BCUT2D eigenvalue weighted by Crippen LogP contribution is 2.14. The summed E-state index contributed by atoms with van der Waals surface area (Å²) in [6, 6.07) is 2.85. The molecule has 1 aromatic heterocycles. The minimum Gasteiger partial charge on any atom is -0.478 e. The summed E-state index contributed by atoms with van der Waals surface area (Å²) in [6.07, 6.45) is 3.60. The van der Waals surface area contributed by atoms with Gasteiger partial charge in [0.2, 0.25) is 0 Å². The molecule has 0 aliphatic carbocycles. The monoisotopic (exact) mass is 283 g/mol. The molecule has 2 N–H and O–H groups in total. The van der Waals surface area contributed by atoms with Crippen LogP contribution in [0.25, 0.3) is 0 Å². The molecule has 2 heterocycles. The molecule has 1 aliphatic heterocycles. The number of aromatic carboxylic acids is 1. The van der Waals surface area contributed by atoms with Crippen molar-refractivity contribution in [3.05, 3.63) is 22.8 Å². The molecule has 0 amide bonds. The predicted octanol–water partition coefficient (Wildman–Crippen LogP) is 2.33. The minimum absolute atomic E-state index is 0.155. The number of pyridine rings is 1. The van der Waals surface area contributed by atoms with Crippen LogP contribution in [0.1, 0.15) is 29.6 Å². The van der Waals surface area contributed by atoms with Gasteiger partial charge in [0.05, 0.1) is 5.56 Å². The third-order valence-corrected chi connectivity index (χ3v) is 3.39. The first-order valence-corrected chi connectivity index (χ1v) is 6.90. The zero-order chi connectivity index (χ0) is 13.7. The Morgan fingerprint density at radius 3 is 2.84 bits per heavy atom. The maximum absolute atomic E-state index is 10.9. The summed E-state index contributed by atoms with van der Waals surface area (Å²) >= 11 is 5.79. The van der Waals surface area contributed by atoms with Gasteiger partial charge >= 0.3 is 5.97 Å². The Bertz CT molecular complexity index is 448. The quantitative estimate of drug-likeness (QED) is 0.620. The van der Waals surface area contributed by atoms with Crippen molar-refractivity contribution in [3.63, 3.8) is 0 Å². The topological polar surface area (TPSA) is 65.5 Å². The lowest BCUT2D eigenvalue weighted by Gasteiger charge is -2.14. The van der Waals surface area contributed by atoms with E-state index in [1.54, 1.807) is 0 Å². The molecule has 0 unspecified atom stereocenters. The van der Waals surface area contributed by atoms with Gasteiger partial charge in [-0.2, -0.15) is 0 Å². The van der Waals surface area contributed by atoms with Gasteiger partial charge in [-0.25, -0.2) is 9.78 Å². The number of nitrogens with zero attached hydrogens (tertiary/aromatic N) is 2. The van der Waals surface area contributed by atoms with E-state index in [2.05, 4.69) is 15.2 Å². The van der Waals surface area contributed by atoms with E-state index in [1.165, 1.54) is 38.1 Å². The van der Waals surface area contributed by atoms with Crippen LogP contribution in [-0.4, -0.2) is 47.1 Å². The summed E-state index contributed by atoms with van der Waals surface area (Å²) in [4.78, 5) is 17.4. The number of halogens is 1. The van der Waals surface area contributed by atoms with Gasteiger partial charge in [-0.15, -0.1) is 0 Å². The van der Waals surface area contributed by atoms with Gasteiger partial charge in [0, 0.05) is 6.54 Å². The van der Waals surface area contributed by atoms with Crippen LogP contribution in [0.4, 0.5) is 5.82 Å². The maximum atomic E-state index is 10.9. The first-order valence-electron chi connectivity index (χ1n) is 6.52. The van der Waals surface area contributed by atoms with Crippen LogP contribution in [-0.2, 0) is 0 Å². The molecule has 104 valence electrons. The number of anilines is 1. The number of aromatic nitrogens is 1. The van der Waals surface area contributed by atoms with Crippen LogP contribution in [0.3, 0.4) is 0 Å². The maximum Gasteiger partial charge on any atom is 0.335 e. The number of rotatable bonds is 6. The summed E-state index contributed by atoms with van der Waals surface area (Å²) in [5.41, 5.74) is 0.155. The van der Waals surface area contributed by atoms with E-state index in [4.69, 9.17) is 16.7 Å². The zero-order valence-corrected chi connectivity index (χ0v) is 11.5. The van der Waals surface area contributed by atoms with Gasteiger partial charge in [0.1, 0.15) is 11.0 Å². The number of carboxylic acid groups (broad SMARTS) is 1. The van der Waals surface area contributed by atoms with Crippen molar-refractivity contribution in [3.8, 4) is 0 Å². The van der Waals surface area contributed by atoms with Gasteiger partial charge in [-0.3, -0.25) is 0 Å². The second-order valence-corrected chi connectivity index (χ2v) is 5.09. The Labute approximate surface area is 117 Å². The Kier molecular flexibility index (Phi) is 4.99. The van der Waals surface area contributed by atoms with Crippen molar-refractivity contribution in [1.82, 2.24) is 9.88 Å². The van der Waals surface area contributed by atoms with E-state index >= 15 is 0 Å². The molecule has 0 radical (unpaired) electrons. The molecule has 0 atom stereocenters. The van der Waals surface area contributed by atoms with Crippen molar-refractivity contribution in [1.29, 1.82) is 0 Å². The lowest BCUT2D eigenvalue weighted by molar-refractivity contribution is 0.0697. The van der Waals surface area contributed by atoms with Gasteiger partial charge in [-0.05, 0) is 51.0 Å². The fraction of sp³-hybridized carbons (Fsp3) is 0.538. The third kappa shape index (κ3) is 4.36. The van der Waals surface area contributed by atoms with Gasteiger partial charge in [0.15, 0.2) is 0 Å². The molecule has 0 spiro atoms. The van der Waals surface area contributed by atoms with Crippen LogP contribution in [0.2, 0.25) is 5.15 Å². The molecule has 0 aromatic carbocycles. The molecule has 5 nitrogen and oxygen atoms in total. The fourth-order valence-electron chi connectivity index (χ4n) is 2.24. The SMILES string of the molecule is O=C(O)c1cc(Cl)nc(NCCCN2CCCC2)c1. The second-order valence-electron chi connectivity index (χ2n) is 4.70. The van der Waals surface area contributed by atoms with Crippen LogP contribution >= 0.6 is 11.6 Å². The largest absolute Gasteiger partial charge is 0.478 e. The molecule has 1 aliphatic rings. The number of carboxylic acids is 1. The molecule has 1 saturated heterocycles.